The quantitative estimate of drug-likeness (QED) is 0.162. The molecule has 1 unspecified atom stereocenters. The van der Waals surface area contributed by atoms with Crippen LogP contribution >= 0.6 is 33.0 Å². The normalized spacial score (nSPS) is 17.1. The molecule has 2 aliphatic carbocycles. The van der Waals surface area contributed by atoms with E-state index in [0.717, 1.165) is 17.3 Å². The Kier molecular flexibility index (Phi) is 6.65. The summed E-state index contributed by atoms with van der Waals surface area (Å²) in [5.41, 5.74) is 12.0. The van der Waals surface area contributed by atoms with Crippen LogP contribution in [0, 0.1) is 0 Å². The molecular formula is C32H30BrCl2SiZr. The summed E-state index contributed by atoms with van der Waals surface area (Å²) in [6, 6.07) is 30.9. The number of allylic oxidation sites excluding steroid dienone is 1. The van der Waals surface area contributed by atoms with E-state index in [2.05, 4.69) is 127 Å². The minimum absolute atomic E-state index is 0.113. The first-order valence-electron chi connectivity index (χ1n) is 13.1. The van der Waals surface area contributed by atoms with Crippen LogP contribution in [0.2, 0.25) is 13.1 Å². The van der Waals surface area contributed by atoms with E-state index in [1.807, 2.05) is 0 Å². The summed E-state index contributed by atoms with van der Waals surface area (Å²) in [6.45, 7) is 7.06. The maximum atomic E-state index is 8.30. The van der Waals surface area contributed by atoms with Gasteiger partial charge in [0.05, 0.1) is 0 Å². The summed E-state index contributed by atoms with van der Waals surface area (Å²) < 4.78 is 2.51. The molecule has 0 aliphatic heterocycles. The fourth-order valence-corrected chi connectivity index (χ4v) is 35.0. The van der Waals surface area contributed by atoms with E-state index in [1.165, 1.54) is 53.4 Å². The van der Waals surface area contributed by atoms with Gasteiger partial charge >= 0.3 is 240 Å². The molecule has 0 fully saturated rings. The number of fused-ring (bicyclic) bond motifs is 4. The van der Waals surface area contributed by atoms with Gasteiger partial charge in [-0.15, -0.1) is 0 Å². The van der Waals surface area contributed by atoms with E-state index in [9.17, 15) is 0 Å². The van der Waals surface area contributed by atoms with Crippen molar-refractivity contribution < 1.29 is 15.6 Å². The summed E-state index contributed by atoms with van der Waals surface area (Å²) in [4.78, 5) is 0. The molecule has 1 atom stereocenters. The van der Waals surface area contributed by atoms with Gasteiger partial charge in [0, 0.05) is 0 Å². The number of hydrogen-bond donors (Lipinski definition) is 0. The molecular weight excluding hydrogens is 654 g/mol. The zero-order chi connectivity index (χ0) is 26.0. The summed E-state index contributed by atoms with van der Waals surface area (Å²) in [5, 5.41) is 0. The second-order valence-corrected chi connectivity index (χ2v) is 53.1. The molecule has 0 radical (unpaired) electrons. The first-order valence-corrected chi connectivity index (χ1v) is 30.0. The number of rotatable bonds is 5. The van der Waals surface area contributed by atoms with Gasteiger partial charge in [0.1, 0.15) is 0 Å². The van der Waals surface area contributed by atoms with Crippen molar-refractivity contribution >= 4 is 48.2 Å². The molecule has 0 nitrogen and oxygen atoms in total. The van der Waals surface area contributed by atoms with Crippen LogP contribution in [0.25, 0.3) is 28.3 Å². The Morgan fingerprint density at radius 2 is 1.51 bits per heavy atom. The van der Waals surface area contributed by atoms with Crippen molar-refractivity contribution in [1.82, 2.24) is 0 Å². The molecule has 0 N–H and O–H groups in total. The van der Waals surface area contributed by atoms with Gasteiger partial charge in [0.25, 0.3) is 0 Å². The van der Waals surface area contributed by atoms with Gasteiger partial charge in [-0.05, 0) is 0 Å². The zero-order valence-corrected chi connectivity index (χ0v) is 28.1. The number of hydrogen-bond acceptors (Lipinski definition) is 0. The van der Waals surface area contributed by atoms with Gasteiger partial charge in [-0.25, -0.2) is 0 Å². The van der Waals surface area contributed by atoms with Gasteiger partial charge < -0.3 is 0 Å². The summed E-state index contributed by atoms with van der Waals surface area (Å²) in [6.07, 6.45) is 4.30. The maximum absolute atomic E-state index is 8.30. The van der Waals surface area contributed by atoms with Crippen LogP contribution in [0.3, 0.4) is 0 Å². The standard InChI is InChI=1S/C17H14Br.C13H9.C2H7Si.2ClH.Zr/c1-2-12-10-14-4-3-5-16(17(14)11-12)13-6-8-15(18)9-7-13;1-3-7-12-10(5-1)9-11-6-2-4-8-13(11)12;1-3-2;;;/h3-11H,2H2,1H3;1-5,7-8H,9H2;3H,1-2H3;2*1H;/q;;;;;+2/p-2. The Balaban J connectivity index is 1.59. The van der Waals surface area contributed by atoms with Crippen molar-refractivity contribution in [3.05, 3.63) is 117 Å². The van der Waals surface area contributed by atoms with E-state index in [-0.39, 0.29) is 3.63 Å². The van der Waals surface area contributed by atoms with Crippen LogP contribution in [0.15, 0.2) is 95.0 Å². The third-order valence-corrected chi connectivity index (χ3v) is 59.2. The molecule has 4 aromatic rings. The average Bonchev–Trinajstić information content (AvgIpc) is 3.48. The Labute approximate surface area is 237 Å². The second kappa shape index (κ2) is 9.46. The van der Waals surface area contributed by atoms with Crippen molar-refractivity contribution in [2.45, 2.75) is 36.5 Å². The van der Waals surface area contributed by atoms with Gasteiger partial charge in [0.2, 0.25) is 0 Å². The molecule has 2 aliphatic rings. The SMILES string of the molecule is CCC1=Cc2c(-c3ccc(Br)cc3)cccc2[CH]1[Zr]([Cl])([Cl])([c]1cccc2c1Cc1ccccc1-2)[SiH](C)C. The minimum atomic E-state index is -4.66. The number of halogens is 3. The van der Waals surface area contributed by atoms with Crippen molar-refractivity contribution in [2.75, 3.05) is 0 Å². The molecule has 0 spiro atoms. The molecule has 0 amide bonds. The molecule has 37 heavy (non-hydrogen) atoms. The van der Waals surface area contributed by atoms with E-state index >= 15 is 0 Å². The van der Waals surface area contributed by atoms with Crippen molar-refractivity contribution in [3.8, 4) is 22.3 Å². The fraction of sp³-hybridized carbons (Fsp3) is 0.188. The van der Waals surface area contributed by atoms with Crippen molar-refractivity contribution in [3.63, 3.8) is 0 Å². The molecule has 5 heteroatoms. The van der Waals surface area contributed by atoms with Crippen molar-refractivity contribution in [2.24, 2.45) is 0 Å². The van der Waals surface area contributed by atoms with Gasteiger partial charge in [0.15, 0.2) is 0 Å². The first-order chi connectivity index (χ1) is 17.7. The summed E-state index contributed by atoms with van der Waals surface area (Å²) in [5.74, 6) is -1.54. The summed E-state index contributed by atoms with van der Waals surface area (Å²) >= 11 is -1.07. The molecule has 0 aromatic heterocycles. The molecule has 4 aromatic carbocycles. The predicted octanol–water partition coefficient (Wildman–Crippen LogP) is 9.84. The van der Waals surface area contributed by atoms with Gasteiger partial charge in [-0.1, -0.05) is 0 Å². The molecule has 187 valence electrons. The number of benzene rings is 4. The van der Waals surface area contributed by atoms with Crippen LogP contribution < -0.4 is 3.27 Å². The topological polar surface area (TPSA) is 0 Å². The molecule has 6 rings (SSSR count). The second-order valence-electron chi connectivity index (χ2n) is 10.8. The van der Waals surface area contributed by atoms with E-state index in [1.54, 1.807) is 0 Å². The molecule has 0 bridgehead atoms. The van der Waals surface area contributed by atoms with Crippen molar-refractivity contribution in [1.29, 1.82) is 0 Å². The van der Waals surface area contributed by atoms with Gasteiger partial charge in [-0.3, -0.25) is 0 Å². The molecule has 0 saturated carbocycles. The van der Waals surface area contributed by atoms with E-state index in [0.29, 0.717) is 0 Å². The predicted molar refractivity (Wildman–Crippen MR) is 165 cm³/mol. The average molecular weight is 685 g/mol. The molecule has 0 heterocycles. The van der Waals surface area contributed by atoms with Crippen LogP contribution in [-0.4, -0.2) is 5.92 Å². The third-order valence-electron chi connectivity index (χ3n) is 8.67. The van der Waals surface area contributed by atoms with Crippen LogP contribution in [0.4, 0.5) is 0 Å². The Hall–Kier alpha value is -1.22. The van der Waals surface area contributed by atoms with Gasteiger partial charge in [-0.2, -0.15) is 0 Å². The van der Waals surface area contributed by atoms with Crippen LogP contribution in [0.5, 0.6) is 0 Å². The Morgan fingerprint density at radius 3 is 2.24 bits per heavy atom. The molecule has 0 saturated heterocycles. The summed E-state index contributed by atoms with van der Waals surface area (Å²) in [7, 11) is 16.6. The zero-order valence-electron chi connectivity index (χ0n) is 21.4. The fourth-order valence-electron chi connectivity index (χ4n) is 6.68. The van der Waals surface area contributed by atoms with Crippen LogP contribution in [-0.2, 0) is 22.0 Å². The first kappa shape index (κ1) is 26.0. The van der Waals surface area contributed by atoms with E-state index < -0.39 is 21.5 Å². The Morgan fingerprint density at radius 1 is 0.838 bits per heavy atom. The van der Waals surface area contributed by atoms with Crippen LogP contribution in [0.1, 0.15) is 39.2 Å². The monoisotopic (exact) mass is 681 g/mol. The third kappa shape index (κ3) is 3.91. The van der Waals surface area contributed by atoms with E-state index in [4.69, 9.17) is 17.0 Å². The Bertz CT molecular complexity index is 1570.